The summed E-state index contributed by atoms with van der Waals surface area (Å²) in [5.74, 6) is 1.23. The number of anilines is 2. The first-order chi connectivity index (χ1) is 8.67. The second-order valence-electron chi connectivity index (χ2n) is 3.97. The van der Waals surface area contributed by atoms with Crippen molar-refractivity contribution >= 4 is 23.4 Å². The molecule has 0 aliphatic rings. The van der Waals surface area contributed by atoms with Gasteiger partial charge in [-0.25, -0.2) is 15.0 Å². The van der Waals surface area contributed by atoms with Crippen LogP contribution < -0.4 is 11.1 Å². The first kappa shape index (κ1) is 12.7. The molecule has 0 spiro atoms. The average molecular weight is 264 g/mol. The van der Waals surface area contributed by atoms with Crippen molar-refractivity contribution in [3.8, 4) is 0 Å². The van der Waals surface area contributed by atoms with Crippen LogP contribution in [-0.4, -0.2) is 31.8 Å². The summed E-state index contributed by atoms with van der Waals surface area (Å²) in [7, 11) is 0. The number of hydrogen-bond donors (Lipinski definition) is 2. The normalized spacial score (nSPS) is 12.3. The zero-order chi connectivity index (χ0) is 13.0. The highest BCUT2D eigenvalue weighted by molar-refractivity contribution is 7.98. The van der Waals surface area contributed by atoms with Gasteiger partial charge in [0.15, 0.2) is 5.16 Å². The lowest BCUT2D eigenvalue weighted by atomic mass is 10.3. The Kier molecular flexibility index (Phi) is 4.03. The average Bonchev–Trinajstić information content (AvgIpc) is 2.80. The zero-order valence-corrected chi connectivity index (χ0v) is 11.2. The molecule has 6 nitrogen and oxygen atoms in total. The molecular formula is C11H16N6S. The van der Waals surface area contributed by atoms with Gasteiger partial charge in [0.05, 0.1) is 6.33 Å². The minimum Gasteiger partial charge on any atom is -0.383 e. The van der Waals surface area contributed by atoms with Gasteiger partial charge >= 0.3 is 0 Å². The van der Waals surface area contributed by atoms with Crippen LogP contribution >= 0.6 is 11.8 Å². The van der Waals surface area contributed by atoms with Crippen LogP contribution in [0, 0.1) is 0 Å². The van der Waals surface area contributed by atoms with Gasteiger partial charge < -0.3 is 15.6 Å². The largest absolute Gasteiger partial charge is 0.383 e. The third kappa shape index (κ3) is 3.36. The van der Waals surface area contributed by atoms with E-state index in [0.717, 1.165) is 12.4 Å². The molecule has 3 N–H and O–H groups in total. The highest BCUT2D eigenvalue weighted by atomic mass is 32.2. The number of imidazole rings is 1. The van der Waals surface area contributed by atoms with Gasteiger partial charge in [0.1, 0.15) is 11.6 Å². The molecule has 0 radical (unpaired) electrons. The minimum absolute atomic E-state index is 0.225. The molecule has 18 heavy (non-hydrogen) atoms. The van der Waals surface area contributed by atoms with Gasteiger partial charge in [-0.2, -0.15) is 0 Å². The van der Waals surface area contributed by atoms with Crippen LogP contribution in [0.1, 0.15) is 6.92 Å². The van der Waals surface area contributed by atoms with Crippen molar-refractivity contribution < 1.29 is 0 Å². The quantitative estimate of drug-likeness (QED) is 0.629. The first-order valence-corrected chi connectivity index (χ1v) is 6.80. The fourth-order valence-electron chi connectivity index (χ4n) is 1.62. The van der Waals surface area contributed by atoms with E-state index in [1.54, 1.807) is 18.6 Å². The zero-order valence-electron chi connectivity index (χ0n) is 10.4. The van der Waals surface area contributed by atoms with E-state index in [1.165, 1.54) is 11.8 Å². The predicted octanol–water partition coefficient (Wildman–Crippen LogP) is 1.48. The van der Waals surface area contributed by atoms with E-state index in [0.29, 0.717) is 11.0 Å². The van der Waals surface area contributed by atoms with Crippen molar-refractivity contribution in [3.05, 3.63) is 24.8 Å². The molecule has 96 valence electrons. The van der Waals surface area contributed by atoms with Crippen molar-refractivity contribution in [2.75, 3.05) is 17.3 Å². The van der Waals surface area contributed by atoms with Gasteiger partial charge in [-0.1, -0.05) is 11.8 Å². The minimum atomic E-state index is 0.225. The highest BCUT2D eigenvalue weighted by Crippen LogP contribution is 2.16. The van der Waals surface area contributed by atoms with E-state index >= 15 is 0 Å². The van der Waals surface area contributed by atoms with Crippen LogP contribution in [0.15, 0.2) is 29.9 Å². The van der Waals surface area contributed by atoms with E-state index < -0.39 is 0 Å². The van der Waals surface area contributed by atoms with Crippen LogP contribution in [0.2, 0.25) is 0 Å². The fraction of sp³-hybridized carbons (Fsp3) is 0.364. The monoisotopic (exact) mass is 264 g/mol. The molecule has 2 aromatic rings. The molecule has 1 unspecified atom stereocenters. The van der Waals surface area contributed by atoms with Crippen molar-refractivity contribution in [3.63, 3.8) is 0 Å². The third-order valence-electron chi connectivity index (χ3n) is 2.35. The summed E-state index contributed by atoms with van der Waals surface area (Å²) in [5.41, 5.74) is 5.73. The van der Waals surface area contributed by atoms with Crippen molar-refractivity contribution in [2.45, 2.75) is 24.7 Å². The smallest absolute Gasteiger partial charge is 0.191 e. The lowest BCUT2D eigenvalue weighted by molar-refractivity contribution is 0.616. The number of nitrogens with one attached hydrogen (secondary N) is 1. The molecule has 0 bridgehead atoms. The van der Waals surface area contributed by atoms with Gasteiger partial charge in [-0.3, -0.25) is 0 Å². The summed E-state index contributed by atoms with van der Waals surface area (Å²) >= 11 is 1.47. The lowest BCUT2D eigenvalue weighted by Crippen LogP contribution is -2.22. The van der Waals surface area contributed by atoms with E-state index in [1.807, 2.05) is 17.0 Å². The Hall–Kier alpha value is -1.76. The Morgan fingerprint density at radius 3 is 3.00 bits per heavy atom. The van der Waals surface area contributed by atoms with Crippen LogP contribution in [-0.2, 0) is 6.54 Å². The van der Waals surface area contributed by atoms with Crippen molar-refractivity contribution in [1.82, 2.24) is 19.5 Å². The Bertz CT molecular complexity index is 498. The SMILES string of the molecule is CSc1nc(N)cc(NC(C)Cn2ccnc2)n1. The van der Waals surface area contributed by atoms with Crippen LogP contribution in [0.25, 0.3) is 0 Å². The molecule has 0 aromatic carbocycles. The number of thioether (sulfide) groups is 1. The summed E-state index contributed by atoms with van der Waals surface area (Å²) in [5, 5.41) is 3.98. The Morgan fingerprint density at radius 1 is 1.50 bits per heavy atom. The third-order valence-corrected chi connectivity index (χ3v) is 2.89. The predicted molar refractivity (Wildman–Crippen MR) is 73.5 cm³/mol. The number of nitrogens with two attached hydrogens (primary N) is 1. The second kappa shape index (κ2) is 5.72. The summed E-state index contributed by atoms with van der Waals surface area (Å²) < 4.78 is 2.01. The van der Waals surface area contributed by atoms with E-state index in [9.17, 15) is 0 Å². The second-order valence-corrected chi connectivity index (χ2v) is 4.74. The Labute approximate surface area is 110 Å². The standard InChI is InChI=1S/C11H16N6S/c1-8(6-17-4-3-13-7-17)14-10-5-9(12)15-11(16-10)18-2/h3-5,7-8H,6H2,1-2H3,(H3,12,14,15,16). The molecule has 2 rings (SSSR count). The molecule has 0 aliphatic carbocycles. The number of aromatic nitrogens is 4. The van der Waals surface area contributed by atoms with Gasteiger partial charge in [-0.15, -0.1) is 0 Å². The van der Waals surface area contributed by atoms with E-state index in [-0.39, 0.29) is 6.04 Å². The summed E-state index contributed by atoms with van der Waals surface area (Å²) in [6.45, 7) is 2.90. The van der Waals surface area contributed by atoms with E-state index in [2.05, 4.69) is 27.2 Å². The van der Waals surface area contributed by atoms with Crippen molar-refractivity contribution in [1.29, 1.82) is 0 Å². The molecule has 2 aromatic heterocycles. The van der Waals surface area contributed by atoms with E-state index in [4.69, 9.17) is 5.73 Å². The first-order valence-electron chi connectivity index (χ1n) is 5.58. The molecular weight excluding hydrogens is 248 g/mol. The molecule has 2 heterocycles. The summed E-state index contributed by atoms with van der Waals surface area (Å²) in [6, 6.07) is 1.97. The molecule has 0 amide bonds. The molecule has 7 heteroatoms. The molecule has 1 atom stereocenters. The van der Waals surface area contributed by atoms with Crippen LogP contribution in [0.4, 0.5) is 11.6 Å². The van der Waals surface area contributed by atoms with Gasteiger partial charge in [0.2, 0.25) is 0 Å². The highest BCUT2D eigenvalue weighted by Gasteiger charge is 2.06. The summed E-state index contributed by atoms with van der Waals surface area (Å²) in [6.07, 6.45) is 7.41. The Balaban J connectivity index is 2.02. The van der Waals surface area contributed by atoms with Gasteiger partial charge in [0, 0.05) is 31.0 Å². The van der Waals surface area contributed by atoms with Crippen molar-refractivity contribution in [2.24, 2.45) is 0 Å². The maximum absolute atomic E-state index is 5.73. The number of nitrogens with zero attached hydrogens (tertiary/aromatic N) is 4. The van der Waals surface area contributed by atoms with Crippen LogP contribution in [0.3, 0.4) is 0 Å². The molecule has 0 saturated heterocycles. The molecule has 0 fully saturated rings. The topological polar surface area (TPSA) is 81.6 Å². The number of rotatable bonds is 5. The Morgan fingerprint density at radius 2 is 2.33 bits per heavy atom. The lowest BCUT2D eigenvalue weighted by Gasteiger charge is -2.15. The van der Waals surface area contributed by atoms with Gasteiger partial charge in [-0.05, 0) is 13.2 Å². The van der Waals surface area contributed by atoms with Gasteiger partial charge in [0.25, 0.3) is 0 Å². The fourth-order valence-corrected chi connectivity index (χ4v) is 2.00. The summed E-state index contributed by atoms with van der Waals surface area (Å²) in [4.78, 5) is 12.5. The molecule has 0 aliphatic heterocycles. The molecule has 0 saturated carbocycles. The maximum atomic E-state index is 5.73. The number of hydrogen-bond acceptors (Lipinski definition) is 6. The van der Waals surface area contributed by atoms with Crippen LogP contribution in [0.5, 0.6) is 0 Å². The maximum Gasteiger partial charge on any atom is 0.191 e. The number of nitrogen functional groups attached to an aromatic ring is 1.